The molecule has 1 aliphatic heterocycles. The van der Waals surface area contributed by atoms with Crippen molar-refractivity contribution in [1.82, 2.24) is 15.0 Å². The normalized spacial score (nSPS) is 21.9. The molecule has 112 valence electrons. The van der Waals surface area contributed by atoms with E-state index in [1.165, 1.54) is 12.3 Å². The Balaban J connectivity index is 2.10. The number of nitrogens with zero attached hydrogens (tertiary/aromatic N) is 1. The van der Waals surface area contributed by atoms with Crippen molar-refractivity contribution in [3.8, 4) is 0 Å². The molecule has 9 heteroatoms. The quantitative estimate of drug-likeness (QED) is 0.741. The van der Waals surface area contributed by atoms with E-state index < -0.39 is 25.9 Å². The lowest BCUT2D eigenvalue weighted by Gasteiger charge is -2.11. The number of rotatable bonds is 5. The molecule has 0 aliphatic carbocycles. The highest BCUT2D eigenvalue weighted by atomic mass is 32.2. The molecule has 1 aromatic heterocycles. The first-order valence-electron chi connectivity index (χ1n) is 6.15. The van der Waals surface area contributed by atoms with Crippen LogP contribution in [0.5, 0.6) is 0 Å². The van der Waals surface area contributed by atoms with E-state index in [1.54, 1.807) is 13.1 Å². The van der Waals surface area contributed by atoms with Crippen molar-refractivity contribution in [3.05, 3.63) is 23.9 Å². The highest BCUT2D eigenvalue weighted by Gasteiger charge is 2.31. The summed E-state index contributed by atoms with van der Waals surface area (Å²) in [6, 6.07) is 2.52. The van der Waals surface area contributed by atoms with Crippen LogP contribution in [0.15, 0.2) is 23.4 Å². The predicted octanol–water partition coefficient (Wildman–Crippen LogP) is -0.734. The summed E-state index contributed by atoms with van der Waals surface area (Å²) in [5, 5.41) is 2.84. The smallest absolute Gasteiger partial charge is 0.258 e. The Labute approximate surface area is 118 Å². The fourth-order valence-corrected chi connectivity index (χ4v) is 5.02. The molecular weight excluding hydrogens is 302 g/mol. The minimum atomic E-state index is -3.77. The van der Waals surface area contributed by atoms with Crippen molar-refractivity contribution in [2.45, 2.75) is 24.0 Å². The van der Waals surface area contributed by atoms with Gasteiger partial charge in [-0.2, -0.15) is 0 Å². The zero-order valence-electron chi connectivity index (χ0n) is 11.0. The molecule has 0 aromatic carbocycles. The molecule has 0 bridgehead atoms. The number of hydrogen-bond donors (Lipinski definition) is 2. The summed E-state index contributed by atoms with van der Waals surface area (Å²) in [5.41, 5.74) is 0.870. The summed E-state index contributed by atoms with van der Waals surface area (Å²) >= 11 is 0. The van der Waals surface area contributed by atoms with Crippen molar-refractivity contribution in [1.29, 1.82) is 0 Å². The third-order valence-electron chi connectivity index (χ3n) is 3.01. The Hall–Kier alpha value is -1.03. The second-order valence-corrected chi connectivity index (χ2v) is 8.65. The fraction of sp³-hybridized carbons (Fsp3) is 0.545. The van der Waals surface area contributed by atoms with Crippen LogP contribution in [0, 0.1) is 0 Å². The Morgan fingerprint density at radius 1 is 1.40 bits per heavy atom. The molecule has 1 fully saturated rings. The standard InChI is InChI=1S/C11H17N3O4S2/c1-12-6-9-2-3-11(13-7-9)20(17,18)14-10-4-5-19(15,16)8-10/h2-3,7,10,12,14H,4-6,8H2,1H3. The largest absolute Gasteiger partial charge is 0.316 e. The molecule has 2 N–H and O–H groups in total. The molecule has 0 radical (unpaired) electrons. The molecule has 1 unspecified atom stereocenters. The highest BCUT2D eigenvalue weighted by molar-refractivity contribution is 7.92. The summed E-state index contributed by atoms with van der Waals surface area (Å²) in [6.07, 6.45) is 1.79. The van der Waals surface area contributed by atoms with Gasteiger partial charge in [-0.05, 0) is 25.1 Å². The average molecular weight is 319 g/mol. The lowest BCUT2D eigenvalue weighted by atomic mass is 10.3. The van der Waals surface area contributed by atoms with Gasteiger partial charge in [0.15, 0.2) is 14.9 Å². The van der Waals surface area contributed by atoms with Gasteiger partial charge in [-0.25, -0.2) is 26.5 Å². The van der Waals surface area contributed by atoms with E-state index in [2.05, 4.69) is 15.0 Å². The molecule has 0 saturated carbocycles. The van der Waals surface area contributed by atoms with Gasteiger partial charge in [0.2, 0.25) is 0 Å². The Morgan fingerprint density at radius 2 is 2.15 bits per heavy atom. The van der Waals surface area contributed by atoms with Crippen LogP contribution in [-0.2, 0) is 26.4 Å². The number of sulfonamides is 1. The van der Waals surface area contributed by atoms with Crippen molar-refractivity contribution in [3.63, 3.8) is 0 Å². The third kappa shape index (κ3) is 3.75. The number of pyridine rings is 1. The maximum atomic E-state index is 12.1. The summed E-state index contributed by atoms with van der Waals surface area (Å²) in [7, 11) is -5.11. The first-order valence-corrected chi connectivity index (χ1v) is 9.45. The molecule has 1 aliphatic rings. The molecule has 2 heterocycles. The van der Waals surface area contributed by atoms with Gasteiger partial charge in [-0.3, -0.25) is 0 Å². The van der Waals surface area contributed by atoms with Crippen LogP contribution in [0.3, 0.4) is 0 Å². The van der Waals surface area contributed by atoms with Gasteiger partial charge in [0.1, 0.15) is 0 Å². The Kier molecular flexibility index (Phi) is 4.43. The minimum Gasteiger partial charge on any atom is -0.316 e. The van der Waals surface area contributed by atoms with Crippen LogP contribution < -0.4 is 10.0 Å². The van der Waals surface area contributed by atoms with E-state index in [0.29, 0.717) is 13.0 Å². The van der Waals surface area contributed by atoms with Crippen molar-refractivity contribution in [2.75, 3.05) is 18.6 Å². The fourth-order valence-electron chi connectivity index (χ4n) is 2.05. The molecule has 0 amide bonds. The summed E-state index contributed by atoms with van der Waals surface area (Å²) in [5.74, 6) is -0.126. The highest BCUT2D eigenvalue weighted by Crippen LogP contribution is 2.15. The molecule has 7 nitrogen and oxygen atoms in total. The van der Waals surface area contributed by atoms with E-state index in [4.69, 9.17) is 0 Å². The Bertz CT molecular complexity index is 668. The van der Waals surface area contributed by atoms with Crippen LogP contribution in [0.1, 0.15) is 12.0 Å². The summed E-state index contributed by atoms with van der Waals surface area (Å²) in [4.78, 5) is 3.91. The number of nitrogens with one attached hydrogen (secondary N) is 2. The average Bonchev–Trinajstić information content (AvgIpc) is 2.69. The monoisotopic (exact) mass is 319 g/mol. The second-order valence-electron chi connectivity index (χ2n) is 4.76. The Morgan fingerprint density at radius 3 is 2.65 bits per heavy atom. The SMILES string of the molecule is CNCc1ccc(S(=O)(=O)NC2CCS(=O)(=O)C2)nc1. The molecule has 2 rings (SSSR count). The summed E-state index contributed by atoms with van der Waals surface area (Å²) < 4.78 is 49.2. The number of hydrogen-bond acceptors (Lipinski definition) is 6. The van der Waals surface area contributed by atoms with Gasteiger partial charge in [-0.15, -0.1) is 0 Å². The predicted molar refractivity (Wildman–Crippen MR) is 74.4 cm³/mol. The van der Waals surface area contributed by atoms with Crippen LogP contribution in [0.4, 0.5) is 0 Å². The molecule has 1 atom stereocenters. The number of sulfone groups is 1. The molecular formula is C11H17N3O4S2. The van der Waals surface area contributed by atoms with Gasteiger partial charge in [-0.1, -0.05) is 6.07 Å². The van der Waals surface area contributed by atoms with Gasteiger partial charge < -0.3 is 5.32 Å². The van der Waals surface area contributed by atoms with Crippen LogP contribution >= 0.6 is 0 Å². The van der Waals surface area contributed by atoms with E-state index in [-0.39, 0.29) is 16.5 Å². The minimum absolute atomic E-state index is 0.0225. The van der Waals surface area contributed by atoms with E-state index >= 15 is 0 Å². The van der Waals surface area contributed by atoms with Crippen molar-refractivity contribution < 1.29 is 16.8 Å². The van der Waals surface area contributed by atoms with E-state index in [9.17, 15) is 16.8 Å². The topological polar surface area (TPSA) is 105 Å². The van der Waals surface area contributed by atoms with Crippen LogP contribution in [0.2, 0.25) is 0 Å². The first-order chi connectivity index (χ1) is 9.32. The van der Waals surface area contributed by atoms with E-state index in [1.807, 2.05) is 0 Å². The summed E-state index contributed by atoms with van der Waals surface area (Å²) in [6.45, 7) is 0.599. The third-order valence-corrected chi connectivity index (χ3v) is 6.21. The van der Waals surface area contributed by atoms with Crippen LogP contribution in [-0.4, -0.2) is 46.4 Å². The van der Waals surface area contributed by atoms with Crippen molar-refractivity contribution in [2.24, 2.45) is 0 Å². The molecule has 0 spiro atoms. The maximum Gasteiger partial charge on any atom is 0.258 e. The molecule has 1 aromatic rings. The van der Waals surface area contributed by atoms with Gasteiger partial charge in [0, 0.05) is 18.8 Å². The molecule has 1 saturated heterocycles. The molecule has 20 heavy (non-hydrogen) atoms. The maximum absolute atomic E-state index is 12.1. The van der Waals surface area contributed by atoms with Crippen molar-refractivity contribution >= 4 is 19.9 Å². The van der Waals surface area contributed by atoms with Gasteiger partial charge >= 0.3 is 0 Å². The second kappa shape index (κ2) is 5.76. The first kappa shape index (κ1) is 15.4. The van der Waals surface area contributed by atoms with E-state index in [0.717, 1.165) is 5.56 Å². The lowest BCUT2D eigenvalue weighted by molar-refractivity contribution is 0.558. The van der Waals surface area contributed by atoms with Gasteiger partial charge in [0.05, 0.1) is 11.5 Å². The van der Waals surface area contributed by atoms with Gasteiger partial charge in [0.25, 0.3) is 10.0 Å². The zero-order valence-corrected chi connectivity index (χ0v) is 12.7. The zero-order chi connectivity index (χ0) is 14.8. The van der Waals surface area contributed by atoms with Crippen LogP contribution in [0.25, 0.3) is 0 Å². The number of aromatic nitrogens is 1. The lowest BCUT2D eigenvalue weighted by Crippen LogP contribution is -2.36.